The average molecular weight is 377 g/mol. The number of hydrogen-bond acceptors (Lipinski definition) is 4. The van der Waals surface area contributed by atoms with Crippen LogP contribution in [-0.2, 0) is 14.3 Å². The molecule has 0 saturated carbocycles. The number of anilines is 1. The Kier molecular flexibility index (Phi) is 9.07. The predicted molar refractivity (Wildman–Crippen MR) is 94.8 cm³/mol. The van der Waals surface area contributed by atoms with E-state index in [4.69, 9.17) is 27.9 Å². The highest BCUT2D eigenvalue weighted by Gasteiger charge is 2.21. The minimum atomic E-state index is -1.09. The summed E-state index contributed by atoms with van der Waals surface area (Å²) in [7, 11) is 0. The van der Waals surface area contributed by atoms with Gasteiger partial charge >= 0.3 is 5.97 Å². The third-order valence-electron chi connectivity index (χ3n) is 3.05. The Morgan fingerprint density at radius 2 is 2.00 bits per heavy atom. The second-order valence-electron chi connectivity index (χ2n) is 5.49. The molecule has 0 fully saturated rings. The molecule has 0 aliphatic carbocycles. The standard InChI is InChI=1S/C16H22Cl2N2O4/c1-10(2)24-7-3-6-19-14(16(22)23)9-15(21)20-13-8-11(17)4-5-12(13)18/h4-5,8,10,14,19H,3,6-7,9H2,1-2H3,(H,20,21)(H,22,23). The number of ether oxygens (including phenoxy) is 1. The number of benzene rings is 1. The van der Waals surface area contributed by atoms with Crippen LogP contribution in [0, 0.1) is 0 Å². The molecule has 1 aromatic carbocycles. The first-order valence-corrected chi connectivity index (χ1v) is 8.38. The number of halogens is 2. The van der Waals surface area contributed by atoms with Gasteiger partial charge in [-0.1, -0.05) is 23.2 Å². The summed E-state index contributed by atoms with van der Waals surface area (Å²) in [4.78, 5) is 23.3. The van der Waals surface area contributed by atoms with Gasteiger partial charge in [-0.3, -0.25) is 9.59 Å². The van der Waals surface area contributed by atoms with E-state index in [1.807, 2.05) is 13.8 Å². The quantitative estimate of drug-likeness (QED) is 0.545. The lowest BCUT2D eigenvalue weighted by atomic mass is 10.2. The number of rotatable bonds is 10. The lowest BCUT2D eigenvalue weighted by Crippen LogP contribution is -2.40. The van der Waals surface area contributed by atoms with Gasteiger partial charge in [0.1, 0.15) is 6.04 Å². The SMILES string of the molecule is CC(C)OCCCNC(CC(=O)Nc1cc(Cl)ccc1Cl)C(=O)O. The van der Waals surface area contributed by atoms with Crippen LogP contribution in [0.2, 0.25) is 10.0 Å². The molecule has 24 heavy (non-hydrogen) atoms. The average Bonchev–Trinajstić information content (AvgIpc) is 2.49. The summed E-state index contributed by atoms with van der Waals surface area (Å²) in [6.45, 7) is 4.83. The molecule has 1 unspecified atom stereocenters. The fourth-order valence-electron chi connectivity index (χ4n) is 1.89. The van der Waals surface area contributed by atoms with Crippen molar-refractivity contribution in [2.45, 2.75) is 38.8 Å². The summed E-state index contributed by atoms with van der Waals surface area (Å²) in [6, 6.07) is 3.68. The molecule has 0 bridgehead atoms. The third-order valence-corrected chi connectivity index (χ3v) is 3.62. The minimum absolute atomic E-state index is 0.133. The maximum absolute atomic E-state index is 12.0. The van der Waals surface area contributed by atoms with E-state index in [0.29, 0.717) is 35.3 Å². The highest BCUT2D eigenvalue weighted by atomic mass is 35.5. The van der Waals surface area contributed by atoms with Crippen molar-refractivity contribution in [2.75, 3.05) is 18.5 Å². The minimum Gasteiger partial charge on any atom is -0.480 e. The second kappa shape index (κ2) is 10.5. The maximum Gasteiger partial charge on any atom is 0.321 e. The van der Waals surface area contributed by atoms with Crippen molar-refractivity contribution in [3.8, 4) is 0 Å². The van der Waals surface area contributed by atoms with Crippen molar-refractivity contribution in [2.24, 2.45) is 0 Å². The van der Waals surface area contributed by atoms with Crippen molar-refractivity contribution in [3.05, 3.63) is 28.2 Å². The predicted octanol–water partition coefficient (Wildman–Crippen LogP) is 3.18. The highest BCUT2D eigenvalue weighted by molar-refractivity contribution is 6.35. The van der Waals surface area contributed by atoms with E-state index in [1.165, 1.54) is 6.07 Å². The molecule has 3 N–H and O–H groups in total. The van der Waals surface area contributed by atoms with Crippen molar-refractivity contribution < 1.29 is 19.4 Å². The van der Waals surface area contributed by atoms with Gasteiger partial charge in [0, 0.05) is 11.6 Å². The Balaban J connectivity index is 2.48. The van der Waals surface area contributed by atoms with Gasteiger partial charge in [0.05, 0.1) is 23.2 Å². The summed E-state index contributed by atoms with van der Waals surface area (Å²) in [5.74, 6) is -1.55. The van der Waals surface area contributed by atoms with E-state index >= 15 is 0 Å². The van der Waals surface area contributed by atoms with Gasteiger partial charge in [-0.05, 0) is 45.0 Å². The zero-order chi connectivity index (χ0) is 18.1. The molecule has 134 valence electrons. The van der Waals surface area contributed by atoms with Gasteiger partial charge in [0.2, 0.25) is 5.91 Å². The van der Waals surface area contributed by atoms with Crippen molar-refractivity contribution >= 4 is 40.8 Å². The number of carboxylic acids is 1. The summed E-state index contributed by atoms with van der Waals surface area (Å²) in [5.41, 5.74) is 0.351. The second-order valence-corrected chi connectivity index (χ2v) is 6.34. The molecule has 0 saturated heterocycles. The largest absolute Gasteiger partial charge is 0.480 e. The number of nitrogens with one attached hydrogen (secondary N) is 2. The topological polar surface area (TPSA) is 87.7 Å². The van der Waals surface area contributed by atoms with Gasteiger partial charge in [-0.15, -0.1) is 0 Å². The smallest absolute Gasteiger partial charge is 0.321 e. The van der Waals surface area contributed by atoms with Gasteiger partial charge in [0.25, 0.3) is 0 Å². The van der Waals surface area contributed by atoms with Crippen molar-refractivity contribution in [1.29, 1.82) is 0 Å². The summed E-state index contributed by atoms with van der Waals surface area (Å²) < 4.78 is 5.37. The van der Waals surface area contributed by atoms with Crippen LogP contribution in [0.25, 0.3) is 0 Å². The third kappa shape index (κ3) is 7.97. The van der Waals surface area contributed by atoms with Crippen molar-refractivity contribution in [1.82, 2.24) is 5.32 Å². The molecule has 1 rings (SSSR count). The van der Waals surface area contributed by atoms with E-state index in [-0.39, 0.29) is 12.5 Å². The first kappa shape index (κ1) is 20.7. The van der Waals surface area contributed by atoms with Crippen LogP contribution >= 0.6 is 23.2 Å². The van der Waals surface area contributed by atoms with Crippen LogP contribution in [-0.4, -0.2) is 42.3 Å². The molecule has 0 aliphatic rings. The number of hydrogen-bond donors (Lipinski definition) is 3. The monoisotopic (exact) mass is 376 g/mol. The lowest BCUT2D eigenvalue weighted by molar-refractivity contribution is -0.141. The Morgan fingerprint density at radius 1 is 1.29 bits per heavy atom. The van der Waals surface area contributed by atoms with Crippen LogP contribution in [0.1, 0.15) is 26.7 Å². The Hall–Kier alpha value is -1.34. The number of carbonyl (C=O) groups excluding carboxylic acids is 1. The van der Waals surface area contributed by atoms with Crippen LogP contribution < -0.4 is 10.6 Å². The number of amides is 1. The van der Waals surface area contributed by atoms with E-state index in [9.17, 15) is 14.7 Å². The van der Waals surface area contributed by atoms with Gasteiger partial charge < -0.3 is 20.5 Å². The summed E-state index contributed by atoms with van der Waals surface area (Å²) >= 11 is 11.8. The van der Waals surface area contributed by atoms with Crippen LogP contribution in [0.4, 0.5) is 5.69 Å². The molecule has 1 aromatic rings. The first-order valence-electron chi connectivity index (χ1n) is 7.62. The molecule has 0 spiro atoms. The molecule has 6 nitrogen and oxygen atoms in total. The first-order chi connectivity index (χ1) is 11.3. The lowest BCUT2D eigenvalue weighted by Gasteiger charge is -2.15. The molecule has 8 heteroatoms. The van der Waals surface area contributed by atoms with E-state index < -0.39 is 17.9 Å². The highest BCUT2D eigenvalue weighted by Crippen LogP contribution is 2.25. The maximum atomic E-state index is 12.0. The van der Waals surface area contributed by atoms with E-state index in [0.717, 1.165) is 0 Å². The molecule has 0 heterocycles. The fourth-order valence-corrected chi connectivity index (χ4v) is 2.23. The number of carbonyl (C=O) groups is 2. The van der Waals surface area contributed by atoms with Gasteiger partial charge in [0.15, 0.2) is 0 Å². The van der Waals surface area contributed by atoms with Crippen LogP contribution in [0.15, 0.2) is 18.2 Å². The van der Waals surface area contributed by atoms with Crippen LogP contribution in [0.5, 0.6) is 0 Å². The van der Waals surface area contributed by atoms with E-state index in [2.05, 4.69) is 10.6 Å². The molecule has 0 aromatic heterocycles. The molecule has 1 amide bonds. The Bertz CT molecular complexity index is 567. The normalized spacial score (nSPS) is 12.2. The number of carboxylic acid groups (broad SMARTS) is 1. The Labute approximate surface area is 151 Å². The molecular weight excluding hydrogens is 355 g/mol. The van der Waals surface area contributed by atoms with Gasteiger partial charge in [-0.25, -0.2) is 0 Å². The Morgan fingerprint density at radius 3 is 2.62 bits per heavy atom. The fraction of sp³-hybridized carbons (Fsp3) is 0.500. The number of aliphatic carboxylic acids is 1. The molecular formula is C16H22Cl2N2O4. The zero-order valence-electron chi connectivity index (χ0n) is 13.6. The van der Waals surface area contributed by atoms with Gasteiger partial charge in [-0.2, -0.15) is 0 Å². The zero-order valence-corrected chi connectivity index (χ0v) is 15.2. The molecule has 0 aliphatic heterocycles. The summed E-state index contributed by atoms with van der Waals surface area (Å²) in [6.07, 6.45) is 0.570. The van der Waals surface area contributed by atoms with E-state index in [1.54, 1.807) is 12.1 Å². The molecule has 1 atom stereocenters. The summed E-state index contributed by atoms with van der Waals surface area (Å²) in [5, 5.41) is 15.4. The molecule has 0 radical (unpaired) electrons. The van der Waals surface area contributed by atoms with Crippen LogP contribution in [0.3, 0.4) is 0 Å². The van der Waals surface area contributed by atoms with Crippen molar-refractivity contribution in [3.63, 3.8) is 0 Å².